The van der Waals surface area contributed by atoms with Crippen LogP contribution >= 0.6 is 11.6 Å². The summed E-state index contributed by atoms with van der Waals surface area (Å²) in [6, 6.07) is 12.2. The van der Waals surface area contributed by atoms with Gasteiger partial charge in [-0.05, 0) is 68.6 Å². The first-order valence-electron chi connectivity index (χ1n) is 14.1. The Kier molecular flexibility index (Phi) is 8.34. The van der Waals surface area contributed by atoms with Crippen LogP contribution in [0.5, 0.6) is 0 Å². The van der Waals surface area contributed by atoms with Crippen molar-refractivity contribution in [2.24, 2.45) is 11.8 Å². The average Bonchev–Trinajstić information content (AvgIpc) is 2.92. The standard InChI is InChI=1S/C30H35ClF3N3O3/c31-26-20-24(7-8-25(26)27(38)36-13-4-14-36)35-15-9-21(10-16-35)19-22-11-17-37(18-12-22)28(39)29(40,30(32,33)34)23-5-2-1-3-6-23/h1-3,5-8,20-22,40H,4,9-19H2. The number of benzene rings is 2. The first-order chi connectivity index (χ1) is 19.1. The van der Waals surface area contributed by atoms with Gasteiger partial charge in [0, 0.05) is 50.5 Å². The molecule has 3 aliphatic heterocycles. The zero-order chi connectivity index (χ0) is 28.5. The molecular formula is C30H35ClF3N3O3. The molecule has 6 nitrogen and oxygen atoms in total. The quantitative estimate of drug-likeness (QED) is 0.494. The van der Waals surface area contributed by atoms with Gasteiger partial charge in [0.05, 0.1) is 10.6 Å². The number of rotatable bonds is 6. The number of alkyl halides is 3. The lowest BCUT2D eigenvalue weighted by atomic mass is 9.82. The molecule has 1 N–H and O–H groups in total. The second-order valence-corrected chi connectivity index (χ2v) is 11.7. The highest BCUT2D eigenvalue weighted by atomic mass is 35.5. The summed E-state index contributed by atoms with van der Waals surface area (Å²) in [5.41, 5.74) is -2.45. The van der Waals surface area contributed by atoms with Gasteiger partial charge >= 0.3 is 6.18 Å². The van der Waals surface area contributed by atoms with Crippen molar-refractivity contribution in [2.75, 3.05) is 44.2 Å². The molecule has 40 heavy (non-hydrogen) atoms. The number of hydrogen-bond donors (Lipinski definition) is 1. The highest BCUT2D eigenvalue weighted by Gasteiger charge is 2.62. The molecule has 216 valence electrons. The maximum absolute atomic E-state index is 13.9. The largest absolute Gasteiger partial charge is 0.430 e. The minimum Gasteiger partial charge on any atom is -0.371 e. The predicted molar refractivity (Wildman–Crippen MR) is 147 cm³/mol. The highest BCUT2D eigenvalue weighted by Crippen LogP contribution is 2.41. The van der Waals surface area contributed by atoms with E-state index in [1.807, 2.05) is 18.2 Å². The Morgan fingerprint density at radius 3 is 1.98 bits per heavy atom. The van der Waals surface area contributed by atoms with E-state index in [0.717, 1.165) is 69.7 Å². The van der Waals surface area contributed by atoms with Gasteiger partial charge in [-0.15, -0.1) is 0 Å². The van der Waals surface area contributed by atoms with E-state index < -0.39 is 23.2 Å². The summed E-state index contributed by atoms with van der Waals surface area (Å²) in [6.45, 7) is 3.70. The van der Waals surface area contributed by atoms with E-state index in [4.69, 9.17) is 11.6 Å². The molecule has 3 aliphatic rings. The van der Waals surface area contributed by atoms with Crippen molar-refractivity contribution < 1.29 is 27.9 Å². The smallest absolute Gasteiger partial charge is 0.371 e. The molecule has 3 saturated heterocycles. The fourth-order valence-corrected chi connectivity index (χ4v) is 6.41. The normalized spacial score (nSPS) is 20.7. The molecule has 10 heteroatoms. The zero-order valence-corrected chi connectivity index (χ0v) is 23.1. The lowest BCUT2D eigenvalue weighted by Gasteiger charge is -2.40. The van der Waals surface area contributed by atoms with E-state index >= 15 is 0 Å². The van der Waals surface area contributed by atoms with Crippen LogP contribution in [0.25, 0.3) is 0 Å². The van der Waals surface area contributed by atoms with Gasteiger partial charge in [-0.1, -0.05) is 41.9 Å². The van der Waals surface area contributed by atoms with Gasteiger partial charge in [-0.2, -0.15) is 13.2 Å². The summed E-state index contributed by atoms with van der Waals surface area (Å²) in [5.74, 6) is -0.480. The molecule has 0 aromatic heterocycles. The first kappa shape index (κ1) is 28.7. The summed E-state index contributed by atoms with van der Waals surface area (Å²) in [6.07, 6.45) is 0.115. The molecule has 5 rings (SSSR count). The molecule has 3 heterocycles. The topological polar surface area (TPSA) is 64.1 Å². The van der Waals surface area contributed by atoms with Crippen molar-refractivity contribution in [3.8, 4) is 0 Å². The minimum absolute atomic E-state index is 0.0163. The molecule has 0 bridgehead atoms. The van der Waals surface area contributed by atoms with E-state index in [2.05, 4.69) is 4.90 Å². The van der Waals surface area contributed by atoms with E-state index in [1.54, 1.807) is 11.0 Å². The number of nitrogens with zero attached hydrogens (tertiary/aromatic N) is 3. The van der Waals surface area contributed by atoms with Crippen molar-refractivity contribution >= 4 is 29.1 Å². The van der Waals surface area contributed by atoms with E-state index in [1.165, 1.54) is 17.0 Å². The number of carbonyl (C=O) groups is 2. The molecule has 1 atom stereocenters. The Hall–Kier alpha value is -2.78. The molecule has 2 aromatic rings. The Morgan fingerprint density at radius 2 is 1.45 bits per heavy atom. The summed E-state index contributed by atoms with van der Waals surface area (Å²) < 4.78 is 41.8. The Balaban J connectivity index is 1.12. The minimum atomic E-state index is -5.12. The van der Waals surface area contributed by atoms with Crippen molar-refractivity contribution in [3.05, 3.63) is 64.7 Å². The van der Waals surface area contributed by atoms with Crippen molar-refractivity contribution in [1.82, 2.24) is 9.80 Å². The number of aliphatic hydroxyl groups is 1. The summed E-state index contributed by atoms with van der Waals surface area (Å²) in [5, 5.41) is 11.1. The average molecular weight is 578 g/mol. The fourth-order valence-electron chi connectivity index (χ4n) is 6.15. The summed E-state index contributed by atoms with van der Waals surface area (Å²) in [7, 11) is 0. The molecule has 3 fully saturated rings. The molecule has 2 amide bonds. The van der Waals surface area contributed by atoms with E-state index in [0.29, 0.717) is 35.3 Å². The third-order valence-corrected chi connectivity index (χ3v) is 9.10. The highest BCUT2D eigenvalue weighted by molar-refractivity contribution is 6.34. The lowest BCUT2D eigenvalue weighted by Crippen LogP contribution is -2.57. The molecule has 1 unspecified atom stereocenters. The van der Waals surface area contributed by atoms with Crippen LogP contribution in [0.2, 0.25) is 5.02 Å². The van der Waals surface area contributed by atoms with E-state index in [-0.39, 0.29) is 19.0 Å². The fraction of sp³-hybridized carbons (Fsp3) is 0.533. The Morgan fingerprint density at radius 1 is 0.850 bits per heavy atom. The summed E-state index contributed by atoms with van der Waals surface area (Å²) >= 11 is 6.47. The zero-order valence-electron chi connectivity index (χ0n) is 22.4. The van der Waals surface area contributed by atoms with Crippen LogP contribution < -0.4 is 4.90 Å². The maximum atomic E-state index is 13.9. The molecule has 0 spiro atoms. The van der Waals surface area contributed by atoms with Crippen molar-refractivity contribution in [1.29, 1.82) is 0 Å². The second-order valence-electron chi connectivity index (χ2n) is 11.3. The summed E-state index contributed by atoms with van der Waals surface area (Å²) in [4.78, 5) is 30.8. The number of carbonyl (C=O) groups excluding carboxylic acids is 2. The van der Waals surface area contributed by atoms with Crippen LogP contribution in [0.1, 0.15) is 54.4 Å². The molecule has 2 aromatic carbocycles. The van der Waals surface area contributed by atoms with Crippen molar-refractivity contribution in [3.63, 3.8) is 0 Å². The number of piperidine rings is 2. The van der Waals surface area contributed by atoms with Gasteiger partial charge in [0.15, 0.2) is 0 Å². The molecule has 0 saturated carbocycles. The van der Waals surface area contributed by atoms with E-state index in [9.17, 15) is 27.9 Å². The lowest BCUT2D eigenvalue weighted by molar-refractivity contribution is -0.262. The third-order valence-electron chi connectivity index (χ3n) is 8.79. The molecule has 0 aliphatic carbocycles. The second kappa shape index (κ2) is 11.6. The SMILES string of the molecule is O=C(c1ccc(N2CCC(CC3CCN(C(=O)C(O)(c4ccccc4)C(F)(F)F)CC3)CC2)cc1Cl)N1CCC1. The molecule has 0 radical (unpaired) electrons. The number of anilines is 1. The monoisotopic (exact) mass is 577 g/mol. The van der Waals surface area contributed by atoms with Crippen LogP contribution in [-0.2, 0) is 10.4 Å². The number of amides is 2. The Labute approximate surface area is 237 Å². The third kappa shape index (κ3) is 5.68. The van der Waals surface area contributed by atoms with Crippen LogP contribution in [0, 0.1) is 11.8 Å². The van der Waals surface area contributed by atoms with Gasteiger partial charge < -0.3 is 19.8 Å². The number of halogens is 4. The predicted octanol–water partition coefficient (Wildman–Crippen LogP) is 5.48. The van der Waals surface area contributed by atoms with Crippen LogP contribution in [-0.4, -0.2) is 72.2 Å². The van der Waals surface area contributed by atoms with Gasteiger partial charge in [-0.25, -0.2) is 0 Å². The maximum Gasteiger partial charge on any atom is 0.430 e. The number of hydrogen-bond acceptors (Lipinski definition) is 4. The van der Waals surface area contributed by atoms with Crippen LogP contribution in [0.4, 0.5) is 18.9 Å². The molecular weight excluding hydrogens is 543 g/mol. The van der Waals surface area contributed by atoms with Gasteiger partial charge in [0.25, 0.3) is 17.4 Å². The number of likely N-dealkylation sites (tertiary alicyclic amines) is 2. The Bertz CT molecular complexity index is 1210. The van der Waals surface area contributed by atoms with Crippen LogP contribution in [0.15, 0.2) is 48.5 Å². The van der Waals surface area contributed by atoms with Gasteiger partial charge in [0.1, 0.15) is 0 Å². The van der Waals surface area contributed by atoms with Gasteiger partial charge in [0.2, 0.25) is 0 Å². The van der Waals surface area contributed by atoms with Gasteiger partial charge in [-0.3, -0.25) is 9.59 Å². The first-order valence-corrected chi connectivity index (χ1v) is 14.4. The van der Waals surface area contributed by atoms with Crippen LogP contribution in [0.3, 0.4) is 0 Å². The van der Waals surface area contributed by atoms with Crippen molar-refractivity contribution in [2.45, 2.75) is 50.3 Å².